The highest BCUT2D eigenvalue weighted by Crippen LogP contribution is 2.33. The fourth-order valence-electron chi connectivity index (χ4n) is 2.93. The quantitative estimate of drug-likeness (QED) is 0.326. The van der Waals surface area contributed by atoms with Crippen molar-refractivity contribution in [2.24, 2.45) is 0 Å². The highest BCUT2D eigenvalue weighted by atomic mass is 79.9. The molecule has 0 amide bonds. The lowest BCUT2D eigenvalue weighted by molar-refractivity contribution is 0.345. The zero-order chi connectivity index (χ0) is 20.4. The molecule has 0 unspecified atom stereocenters. The van der Waals surface area contributed by atoms with Gasteiger partial charge in [-0.2, -0.15) is 0 Å². The standard InChI is InChI=1S/C23H21BrO2.C2H6/c1-17(18-5-3-2-4-6-18)23(19-7-11-21(25)12-8-19)20-9-13-22(14-10-20)26-16-15-24;1-2/h2-14,25H,15-16H2,1H3;1-2H3/b23-17-;. The third-order valence-electron chi connectivity index (χ3n) is 4.23. The molecule has 3 heteroatoms. The van der Waals surface area contributed by atoms with E-state index in [-0.39, 0.29) is 5.75 Å². The molecule has 2 nitrogen and oxygen atoms in total. The monoisotopic (exact) mass is 438 g/mol. The van der Waals surface area contributed by atoms with Gasteiger partial charge in [0.15, 0.2) is 0 Å². The van der Waals surface area contributed by atoms with Gasteiger partial charge >= 0.3 is 0 Å². The SMILES string of the molecule is C/C(=C(\c1ccc(O)cc1)c1ccc(OCCBr)cc1)c1ccccc1.CC. The number of phenolic OH excluding ortho intramolecular Hbond substituents is 1. The van der Waals surface area contributed by atoms with Gasteiger partial charge in [-0.1, -0.05) is 84.4 Å². The lowest BCUT2D eigenvalue weighted by Gasteiger charge is -2.15. The minimum absolute atomic E-state index is 0.268. The van der Waals surface area contributed by atoms with Crippen molar-refractivity contribution in [2.75, 3.05) is 11.9 Å². The Labute approximate surface area is 176 Å². The predicted molar refractivity (Wildman–Crippen MR) is 123 cm³/mol. The molecule has 0 aliphatic carbocycles. The third-order valence-corrected chi connectivity index (χ3v) is 4.55. The van der Waals surface area contributed by atoms with Crippen LogP contribution in [-0.2, 0) is 0 Å². The minimum atomic E-state index is 0.268. The van der Waals surface area contributed by atoms with Gasteiger partial charge in [-0.25, -0.2) is 0 Å². The van der Waals surface area contributed by atoms with Gasteiger partial charge in [-0.15, -0.1) is 0 Å². The molecule has 1 N–H and O–H groups in total. The van der Waals surface area contributed by atoms with Crippen molar-refractivity contribution in [3.63, 3.8) is 0 Å². The second kappa shape index (κ2) is 11.4. The normalized spacial score (nSPS) is 11.1. The molecule has 0 bridgehead atoms. The van der Waals surface area contributed by atoms with Gasteiger partial charge in [0.25, 0.3) is 0 Å². The number of alkyl halides is 1. The number of benzene rings is 3. The first-order valence-corrected chi connectivity index (χ1v) is 10.7. The van der Waals surface area contributed by atoms with Crippen LogP contribution in [0.2, 0.25) is 0 Å². The number of halogens is 1. The first kappa shape index (κ1) is 21.8. The van der Waals surface area contributed by atoms with Crippen LogP contribution in [0.1, 0.15) is 37.5 Å². The number of rotatable bonds is 6. The summed E-state index contributed by atoms with van der Waals surface area (Å²) in [5, 5.41) is 10.5. The smallest absolute Gasteiger partial charge is 0.119 e. The van der Waals surface area contributed by atoms with E-state index in [9.17, 15) is 5.11 Å². The van der Waals surface area contributed by atoms with Crippen molar-refractivity contribution in [2.45, 2.75) is 20.8 Å². The van der Waals surface area contributed by atoms with E-state index < -0.39 is 0 Å². The molecule has 0 aromatic heterocycles. The largest absolute Gasteiger partial charge is 0.508 e. The van der Waals surface area contributed by atoms with E-state index in [4.69, 9.17) is 4.74 Å². The van der Waals surface area contributed by atoms with Crippen molar-refractivity contribution >= 4 is 27.1 Å². The maximum Gasteiger partial charge on any atom is 0.119 e. The van der Waals surface area contributed by atoms with Crippen LogP contribution < -0.4 is 4.74 Å². The van der Waals surface area contributed by atoms with Crippen molar-refractivity contribution in [1.29, 1.82) is 0 Å². The Hall–Kier alpha value is -2.52. The topological polar surface area (TPSA) is 29.5 Å². The average Bonchev–Trinajstić information content (AvgIpc) is 2.76. The van der Waals surface area contributed by atoms with Crippen molar-refractivity contribution in [3.05, 3.63) is 95.6 Å². The molecule has 0 aliphatic rings. The Bertz CT molecular complexity index is 867. The summed E-state index contributed by atoms with van der Waals surface area (Å²) in [6.07, 6.45) is 0. The number of aromatic hydroxyl groups is 1. The minimum Gasteiger partial charge on any atom is -0.508 e. The van der Waals surface area contributed by atoms with E-state index in [1.807, 2.05) is 56.3 Å². The fourth-order valence-corrected chi connectivity index (χ4v) is 3.10. The molecular weight excluding hydrogens is 412 g/mol. The summed E-state index contributed by atoms with van der Waals surface area (Å²) in [5.41, 5.74) is 5.69. The first-order chi connectivity index (χ1) is 13.7. The van der Waals surface area contributed by atoms with Gasteiger partial charge in [0.2, 0.25) is 0 Å². The van der Waals surface area contributed by atoms with Crippen LogP contribution in [0.15, 0.2) is 78.9 Å². The molecule has 0 saturated heterocycles. The summed E-state index contributed by atoms with van der Waals surface area (Å²) in [5.74, 6) is 1.12. The predicted octanol–water partition coefficient (Wildman–Crippen LogP) is 7.17. The average molecular weight is 439 g/mol. The van der Waals surface area contributed by atoms with Crippen LogP contribution in [0.3, 0.4) is 0 Å². The summed E-state index contributed by atoms with van der Waals surface area (Å²) >= 11 is 3.37. The van der Waals surface area contributed by atoms with Gasteiger partial charge in [0.05, 0.1) is 6.61 Å². The van der Waals surface area contributed by atoms with E-state index in [0.29, 0.717) is 6.61 Å². The summed E-state index contributed by atoms with van der Waals surface area (Å²) in [4.78, 5) is 0. The zero-order valence-corrected chi connectivity index (χ0v) is 18.2. The van der Waals surface area contributed by atoms with Crippen LogP contribution in [0, 0.1) is 0 Å². The molecule has 3 aromatic rings. The Morgan fingerprint density at radius 2 is 1.32 bits per heavy atom. The van der Waals surface area contributed by atoms with Crippen molar-refractivity contribution < 1.29 is 9.84 Å². The van der Waals surface area contributed by atoms with Crippen molar-refractivity contribution in [3.8, 4) is 11.5 Å². The second-order valence-electron chi connectivity index (χ2n) is 5.97. The Balaban J connectivity index is 0.00000136. The van der Waals surface area contributed by atoms with Gasteiger partial charge < -0.3 is 9.84 Å². The Morgan fingerprint density at radius 3 is 1.86 bits per heavy atom. The lowest BCUT2D eigenvalue weighted by atomic mass is 9.90. The van der Waals surface area contributed by atoms with E-state index in [1.165, 1.54) is 11.1 Å². The highest BCUT2D eigenvalue weighted by Gasteiger charge is 2.11. The van der Waals surface area contributed by atoms with Crippen LogP contribution in [-0.4, -0.2) is 17.0 Å². The molecule has 0 fully saturated rings. The van der Waals surface area contributed by atoms with Gasteiger partial charge in [0, 0.05) is 5.33 Å². The highest BCUT2D eigenvalue weighted by molar-refractivity contribution is 9.09. The Kier molecular flexibility index (Phi) is 8.83. The summed E-state index contributed by atoms with van der Waals surface area (Å²) in [7, 11) is 0. The summed E-state index contributed by atoms with van der Waals surface area (Å²) in [6, 6.07) is 25.8. The van der Waals surface area contributed by atoms with Gasteiger partial charge in [0.1, 0.15) is 11.5 Å². The number of ether oxygens (including phenoxy) is 1. The molecule has 0 radical (unpaired) electrons. The molecule has 28 heavy (non-hydrogen) atoms. The zero-order valence-electron chi connectivity index (χ0n) is 16.7. The maximum atomic E-state index is 9.65. The second-order valence-corrected chi connectivity index (χ2v) is 6.77. The third kappa shape index (κ3) is 5.74. The number of phenols is 1. The molecule has 0 spiro atoms. The maximum absolute atomic E-state index is 9.65. The Morgan fingerprint density at radius 1 is 0.786 bits per heavy atom. The van der Waals surface area contributed by atoms with E-state index in [2.05, 4.69) is 47.1 Å². The van der Waals surface area contributed by atoms with E-state index >= 15 is 0 Å². The van der Waals surface area contributed by atoms with Crippen LogP contribution in [0.25, 0.3) is 11.1 Å². The van der Waals surface area contributed by atoms with E-state index in [1.54, 1.807) is 12.1 Å². The fraction of sp³-hybridized carbons (Fsp3) is 0.200. The lowest BCUT2D eigenvalue weighted by Crippen LogP contribution is -1.98. The molecule has 0 saturated carbocycles. The van der Waals surface area contributed by atoms with Crippen molar-refractivity contribution in [1.82, 2.24) is 0 Å². The van der Waals surface area contributed by atoms with Crippen LogP contribution in [0.4, 0.5) is 0 Å². The molecule has 0 aliphatic heterocycles. The molecular formula is C25H27BrO2. The molecule has 0 atom stereocenters. The van der Waals surface area contributed by atoms with Gasteiger partial charge in [-0.05, 0) is 59.0 Å². The molecule has 146 valence electrons. The van der Waals surface area contributed by atoms with Crippen LogP contribution in [0.5, 0.6) is 11.5 Å². The number of hydrogen-bond acceptors (Lipinski definition) is 2. The van der Waals surface area contributed by atoms with E-state index in [0.717, 1.165) is 27.8 Å². The number of allylic oxidation sites excluding steroid dienone is 1. The first-order valence-electron chi connectivity index (χ1n) is 9.54. The van der Waals surface area contributed by atoms with Gasteiger partial charge in [-0.3, -0.25) is 0 Å². The summed E-state index contributed by atoms with van der Waals surface area (Å²) < 4.78 is 5.66. The summed E-state index contributed by atoms with van der Waals surface area (Å²) in [6.45, 7) is 6.77. The number of hydrogen-bond donors (Lipinski definition) is 1. The molecule has 3 aromatic carbocycles. The molecule has 3 rings (SSSR count). The molecule has 0 heterocycles. The van der Waals surface area contributed by atoms with Crippen LogP contribution >= 0.6 is 15.9 Å².